The number of rotatable bonds is 6. The standard InChI is InChI=1S/C24H22ClN5O4/c1-29(13-15-7-3-2-6-14(15)12-26)23(33)17-10-16(20(31)11-21(17)32)22-27-28-24(34)30(22)19-9-5-4-8-18(19)25/h2-11,31-32H,12-13,26H2,1H3,(H,28,34). The van der Waals surface area contributed by atoms with Crippen LogP contribution in [0.2, 0.25) is 5.02 Å². The van der Waals surface area contributed by atoms with E-state index in [0.717, 1.165) is 17.2 Å². The number of aromatic amines is 1. The molecule has 0 aliphatic carbocycles. The molecule has 3 aromatic carbocycles. The van der Waals surface area contributed by atoms with Crippen LogP contribution < -0.4 is 11.4 Å². The van der Waals surface area contributed by atoms with E-state index >= 15 is 0 Å². The third-order valence-corrected chi connectivity index (χ3v) is 5.76. The Labute approximate surface area is 199 Å². The van der Waals surface area contributed by atoms with Gasteiger partial charge in [0.15, 0.2) is 5.82 Å². The lowest BCUT2D eigenvalue weighted by Crippen LogP contribution is -2.27. The number of phenols is 2. The highest BCUT2D eigenvalue weighted by Gasteiger charge is 2.24. The smallest absolute Gasteiger partial charge is 0.348 e. The van der Waals surface area contributed by atoms with E-state index < -0.39 is 17.3 Å². The second-order valence-corrected chi connectivity index (χ2v) is 8.07. The maximum absolute atomic E-state index is 13.2. The Hall–Kier alpha value is -4.08. The van der Waals surface area contributed by atoms with Crippen molar-refractivity contribution in [3.05, 3.63) is 92.9 Å². The number of nitrogens with two attached hydrogens (primary N) is 1. The van der Waals surface area contributed by atoms with Crippen molar-refractivity contribution in [2.24, 2.45) is 5.73 Å². The molecule has 1 heterocycles. The Kier molecular flexibility index (Phi) is 6.40. The SMILES string of the molecule is CN(Cc1ccccc1CN)C(=O)c1cc(-c2n[nH]c(=O)n2-c2ccccc2Cl)c(O)cc1O. The van der Waals surface area contributed by atoms with Gasteiger partial charge in [-0.2, -0.15) is 5.10 Å². The predicted octanol–water partition coefficient (Wildman–Crippen LogP) is 3.02. The number of halogens is 1. The van der Waals surface area contributed by atoms with E-state index in [4.69, 9.17) is 17.3 Å². The lowest BCUT2D eigenvalue weighted by molar-refractivity contribution is 0.0782. The summed E-state index contributed by atoms with van der Waals surface area (Å²) < 4.78 is 1.18. The normalized spacial score (nSPS) is 10.9. The maximum Gasteiger partial charge on any atom is 0.348 e. The molecule has 34 heavy (non-hydrogen) atoms. The fraction of sp³-hybridized carbons (Fsp3) is 0.125. The minimum atomic E-state index is -0.584. The van der Waals surface area contributed by atoms with E-state index in [-0.39, 0.29) is 29.2 Å². The Morgan fingerprint density at radius 1 is 1.09 bits per heavy atom. The third-order valence-electron chi connectivity index (χ3n) is 5.44. The number of amides is 1. The Morgan fingerprint density at radius 3 is 2.47 bits per heavy atom. The van der Waals surface area contributed by atoms with Gasteiger partial charge in [-0.25, -0.2) is 14.5 Å². The average molecular weight is 480 g/mol. The summed E-state index contributed by atoms with van der Waals surface area (Å²) in [5.41, 5.74) is 7.32. The molecule has 0 saturated carbocycles. The zero-order valence-corrected chi connectivity index (χ0v) is 19.0. The van der Waals surface area contributed by atoms with Crippen LogP contribution in [0.4, 0.5) is 0 Å². The molecular formula is C24H22ClN5O4. The number of hydrogen-bond acceptors (Lipinski definition) is 6. The van der Waals surface area contributed by atoms with Gasteiger partial charge in [-0.3, -0.25) is 4.79 Å². The zero-order valence-electron chi connectivity index (χ0n) is 18.2. The highest BCUT2D eigenvalue weighted by molar-refractivity contribution is 6.32. The lowest BCUT2D eigenvalue weighted by Gasteiger charge is -2.20. The van der Waals surface area contributed by atoms with Crippen LogP contribution in [0.1, 0.15) is 21.5 Å². The van der Waals surface area contributed by atoms with E-state index in [1.54, 1.807) is 31.3 Å². The van der Waals surface area contributed by atoms with Crippen molar-refractivity contribution in [3.63, 3.8) is 0 Å². The molecule has 1 amide bonds. The summed E-state index contributed by atoms with van der Waals surface area (Å²) in [5, 5.41) is 27.6. The summed E-state index contributed by atoms with van der Waals surface area (Å²) in [4.78, 5) is 27.1. The quantitative estimate of drug-likeness (QED) is 0.335. The Balaban J connectivity index is 1.75. The molecule has 0 unspecified atom stereocenters. The number of para-hydroxylation sites is 1. The second-order valence-electron chi connectivity index (χ2n) is 7.66. The monoisotopic (exact) mass is 479 g/mol. The number of benzene rings is 3. The Bertz CT molecular complexity index is 1430. The van der Waals surface area contributed by atoms with E-state index in [9.17, 15) is 19.8 Å². The van der Waals surface area contributed by atoms with Crippen LogP contribution in [0.25, 0.3) is 17.1 Å². The molecule has 1 aromatic heterocycles. The molecule has 0 radical (unpaired) electrons. The van der Waals surface area contributed by atoms with Gasteiger partial charge < -0.3 is 20.8 Å². The molecule has 0 atom stereocenters. The first-order valence-corrected chi connectivity index (χ1v) is 10.7. The average Bonchev–Trinajstić information content (AvgIpc) is 3.20. The number of hydrogen-bond donors (Lipinski definition) is 4. The minimum Gasteiger partial charge on any atom is -0.507 e. The van der Waals surface area contributed by atoms with Gasteiger partial charge in [0, 0.05) is 26.2 Å². The number of aromatic nitrogens is 3. The van der Waals surface area contributed by atoms with E-state index in [1.807, 2.05) is 24.3 Å². The van der Waals surface area contributed by atoms with Crippen molar-refractivity contribution in [2.45, 2.75) is 13.1 Å². The highest BCUT2D eigenvalue weighted by Crippen LogP contribution is 2.35. The van der Waals surface area contributed by atoms with Crippen LogP contribution >= 0.6 is 11.6 Å². The van der Waals surface area contributed by atoms with Gasteiger partial charge in [0.05, 0.1) is 21.8 Å². The van der Waals surface area contributed by atoms with Crippen molar-refractivity contribution in [2.75, 3.05) is 7.05 Å². The summed E-state index contributed by atoms with van der Waals surface area (Å²) in [6.45, 7) is 0.583. The molecule has 0 aliphatic rings. The minimum absolute atomic E-state index is 0.0285. The fourth-order valence-electron chi connectivity index (χ4n) is 3.71. The number of nitrogens with zero attached hydrogens (tertiary/aromatic N) is 3. The van der Waals surface area contributed by atoms with Crippen molar-refractivity contribution < 1.29 is 15.0 Å². The summed E-state index contributed by atoms with van der Waals surface area (Å²) >= 11 is 6.26. The topological polar surface area (TPSA) is 137 Å². The molecule has 0 saturated heterocycles. The van der Waals surface area contributed by atoms with Gasteiger partial charge in [-0.15, -0.1) is 0 Å². The van der Waals surface area contributed by atoms with Gasteiger partial charge in [-0.05, 0) is 29.3 Å². The molecular weight excluding hydrogens is 458 g/mol. The Morgan fingerprint density at radius 2 is 1.76 bits per heavy atom. The first-order chi connectivity index (χ1) is 16.3. The largest absolute Gasteiger partial charge is 0.507 e. The highest BCUT2D eigenvalue weighted by atomic mass is 35.5. The van der Waals surface area contributed by atoms with Crippen LogP contribution in [-0.2, 0) is 13.1 Å². The number of H-pyrrole nitrogens is 1. The van der Waals surface area contributed by atoms with Gasteiger partial charge in [-0.1, -0.05) is 48.0 Å². The molecule has 4 rings (SSSR count). The number of carbonyl (C=O) groups is 1. The summed E-state index contributed by atoms with van der Waals surface area (Å²) in [7, 11) is 1.59. The fourth-order valence-corrected chi connectivity index (χ4v) is 3.93. The molecule has 0 aliphatic heterocycles. The van der Waals surface area contributed by atoms with Crippen molar-refractivity contribution in [3.8, 4) is 28.6 Å². The first-order valence-electron chi connectivity index (χ1n) is 10.3. The molecule has 5 N–H and O–H groups in total. The van der Waals surface area contributed by atoms with Gasteiger partial charge in [0.1, 0.15) is 11.5 Å². The summed E-state index contributed by atoms with van der Waals surface area (Å²) in [5.74, 6) is -1.24. The first kappa shape index (κ1) is 23.1. The maximum atomic E-state index is 13.2. The second kappa shape index (κ2) is 9.42. The number of aromatic hydroxyl groups is 2. The van der Waals surface area contributed by atoms with E-state index in [1.165, 1.54) is 15.5 Å². The number of phenolic OH excluding ortho intramolecular Hbond substituents is 2. The lowest BCUT2D eigenvalue weighted by atomic mass is 10.0. The van der Waals surface area contributed by atoms with Crippen LogP contribution in [-0.4, -0.2) is 42.8 Å². The van der Waals surface area contributed by atoms with Crippen LogP contribution in [0, 0.1) is 0 Å². The zero-order chi connectivity index (χ0) is 24.4. The van der Waals surface area contributed by atoms with Gasteiger partial charge in [0.2, 0.25) is 0 Å². The predicted molar refractivity (Wildman–Crippen MR) is 128 cm³/mol. The van der Waals surface area contributed by atoms with E-state index in [0.29, 0.717) is 17.3 Å². The molecule has 10 heteroatoms. The van der Waals surface area contributed by atoms with Crippen LogP contribution in [0.3, 0.4) is 0 Å². The number of carbonyl (C=O) groups excluding carboxylic acids is 1. The van der Waals surface area contributed by atoms with Crippen molar-refractivity contribution >= 4 is 17.5 Å². The molecule has 174 valence electrons. The van der Waals surface area contributed by atoms with Crippen molar-refractivity contribution in [1.29, 1.82) is 0 Å². The molecule has 9 nitrogen and oxygen atoms in total. The number of nitrogens with one attached hydrogen (secondary N) is 1. The van der Waals surface area contributed by atoms with Gasteiger partial charge in [0.25, 0.3) is 5.91 Å². The third kappa shape index (κ3) is 4.26. The van der Waals surface area contributed by atoms with Gasteiger partial charge >= 0.3 is 5.69 Å². The van der Waals surface area contributed by atoms with E-state index in [2.05, 4.69) is 10.2 Å². The molecule has 4 aromatic rings. The summed E-state index contributed by atoms with van der Waals surface area (Å²) in [6.07, 6.45) is 0. The molecule has 0 spiro atoms. The molecule has 0 bridgehead atoms. The summed E-state index contributed by atoms with van der Waals surface area (Å²) in [6, 6.07) is 16.5. The molecule has 0 fully saturated rings. The van der Waals surface area contributed by atoms with Crippen LogP contribution in [0.5, 0.6) is 11.5 Å². The van der Waals surface area contributed by atoms with Crippen LogP contribution in [0.15, 0.2) is 65.5 Å². The van der Waals surface area contributed by atoms with Crippen molar-refractivity contribution in [1.82, 2.24) is 19.7 Å².